The van der Waals surface area contributed by atoms with Crippen molar-refractivity contribution in [3.63, 3.8) is 0 Å². The zero-order valence-electron chi connectivity index (χ0n) is 15.4. The largest absolute Gasteiger partial charge is 0.418 e. The molecule has 1 saturated heterocycles. The van der Waals surface area contributed by atoms with Crippen LogP contribution in [-0.4, -0.2) is 41.2 Å². The lowest BCUT2D eigenvalue weighted by molar-refractivity contribution is -0.136. The first-order valence-corrected chi connectivity index (χ1v) is 9.44. The SMILES string of the molecule is CC1CN(c2ccc(C(F)(F)F)c3ncccc23)CC1NC(=O)C(O)C1CC1. The van der Waals surface area contributed by atoms with Crippen molar-refractivity contribution < 1.29 is 23.1 Å². The summed E-state index contributed by atoms with van der Waals surface area (Å²) in [5, 5.41) is 13.3. The minimum atomic E-state index is -4.47. The monoisotopic (exact) mass is 393 g/mol. The number of amides is 1. The summed E-state index contributed by atoms with van der Waals surface area (Å²) in [4.78, 5) is 18.2. The summed E-state index contributed by atoms with van der Waals surface area (Å²) < 4.78 is 39.9. The first-order valence-electron chi connectivity index (χ1n) is 9.44. The van der Waals surface area contributed by atoms with E-state index >= 15 is 0 Å². The van der Waals surface area contributed by atoms with Crippen LogP contribution in [0.25, 0.3) is 10.9 Å². The third-order valence-electron chi connectivity index (χ3n) is 5.67. The van der Waals surface area contributed by atoms with Crippen molar-refractivity contribution >= 4 is 22.5 Å². The van der Waals surface area contributed by atoms with Crippen LogP contribution in [0.2, 0.25) is 0 Å². The van der Waals surface area contributed by atoms with E-state index in [1.165, 1.54) is 12.3 Å². The van der Waals surface area contributed by atoms with E-state index in [0.717, 1.165) is 18.9 Å². The third kappa shape index (κ3) is 3.53. The molecule has 5 nitrogen and oxygen atoms in total. The Kier molecular flexibility index (Phi) is 4.69. The Labute approximate surface area is 160 Å². The smallest absolute Gasteiger partial charge is 0.383 e. The first-order chi connectivity index (χ1) is 13.3. The fourth-order valence-electron chi connectivity index (χ4n) is 3.91. The lowest BCUT2D eigenvalue weighted by Crippen LogP contribution is -2.45. The molecule has 8 heteroatoms. The molecule has 0 radical (unpaired) electrons. The topological polar surface area (TPSA) is 65.5 Å². The summed E-state index contributed by atoms with van der Waals surface area (Å²) >= 11 is 0. The second-order valence-electron chi connectivity index (χ2n) is 7.81. The molecule has 2 heterocycles. The number of nitrogens with one attached hydrogen (secondary N) is 1. The number of aliphatic hydroxyl groups excluding tert-OH is 1. The number of anilines is 1. The molecule has 1 amide bonds. The number of aromatic nitrogens is 1. The minimum Gasteiger partial charge on any atom is -0.383 e. The van der Waals surface area contributed by atoms with Gasteiger partial charge in [-0.2, -0.15) is 13.2 Å². The van der Waals surface area contributed by atoms with Gasteiger partial charge < -0.3 is 15.3 Å². The number of hydrogen-bond donors (Lipinski definition) is 2. The number of carbonyl (C=O) groups is 1. The van der Waals surface area contributed by atoms with Crippen molar-refractivity contribution in [2.75, 3.05) is 18.0 Å². The highest BCUT2D eigenvalue weighted by Crippen LogP contribution is 2.39. The van der Waals surface area contributed by atoms with E-state index in [4.69, 9.17) is 0 Å². The number of carbonyl (C=O) groups excluding carboxylic acids is 1. The van der Waals surface area contributed by atoms with Gasteiger partial charge in [-0.15, -0.1) is 0 Å². The van der Waals surface area contributed by atoms with Crippen molar-refractivity contribution in [1.29, 1.82) is 0 Å². The van der Waals surface area contributed by atoms with Crippen LogP contribution >= 0.6 is 0 Å². The Hall–Kier alpha value is -2.35. The Morgan fingerprint density at radius 2 is 2.04 bits per heavy atom. The number of alkyl halides is 3. The van der Waals surface area contributed by atoms with Crippen LogP contribution in [0.4, 0.5) is 18.9 Å². The van der Waals surface area contributed by atoms with Gasteiger partial charge in [0.05, 0.1) is 17.1 Å². The maximum atomic E-state index is 13.3. The summed E-state index contributed by atoms with van der Waals surface area (Å²) in [6.07, 6.45) is -2.36. The predicted octanol–water partition coefficient (Wildman–Crippen LogP) is 2.97. The van der Waals surface area contributed by atoms with Crippen molar-refractivity contribution in [3.8, 4) is 0 Å². The molecule has 1 aromatic carbocycles. The summed E-state index contributed by atoms with van der Waals surface area (Å²) in [6.45, 7) is 3.05. The number of hydrogen-bond acceptors (Lipinski definition) is 4. The highest BCUT2D eigenvalue weighted by Gasteiger charge is 2.39. The Morgan fingerprint density at radius 3 is 2.71 bits per heavy atom. The second kappa shape index (κ2) is 6.92. The molecule has 1 aliphatic heterocycles. The van der Waals surface area contributed by atoms with Crippen LogP contribution in [0.5, 0.6) is 0 Å². The van der Waals surface area contributed by atoms with E-state index < -0.39 is 17.8 Å². The van der Waals surface area contributed by atoms with Crippen LogP contribution in [0, 0.1) is 11.8 Å². The number of rotatable bonds is 4. The van der Waals surface area contributed by atoms with E-state index in [0.29, 0.717) is 24.2 Å². The van der Waals surface area contributed by atoms with Gasteiger partial charge in [0.25, 0.3) is 0 Å². The van der Waals surface area contributed by atoms with Crippen LogP contribution < -0.4 is 10.2 Å². The molecule has 3 atom stereocenters. The number of nitrogens with zero attached hydrogens (tertiary/aromatic N) is 2. The van der Waals surface area contributed by atoms with Gasteiger partial charge >= 0.3 is 6.18 Å². The normalized spacial score (nSPS) is 23.8. The Morgan fingerprint density at radius 1 is 1.29 bits per heavy atom. The Balaban J connectivity index is 1.58. The molecule has 28 heavy (non-hydrogen) atoms. The summed E-state index contributed by atoms with van der Waals surface area (Å²) in [5.74, 6) is -0.206. The van der Waals surface area contributed by atoms with E-state index in [9.17, 15) is 23.1 Å². The number of halogens is 3. The van der Waals surface area contributed by atoms with Gasteiger partial charge in [0.2, 0.25) is 5.91 Å². The average Bonchev–Trinajstić information content (AvgIpc) is 3.43. The molecule has 2 fully saturated rings. The van der Waals surface area contributed by atoms with Crippen LogP contribution in [0.1, 0.15) is 25.3 Å². The minimum absolute atomic E-state index is 0.0535. The molecule has 4 rings (SSSR count). The lowest BCUT2D eigenvalue weighted by atomic mass is 10.1. The van der Waals surface area contributed by atoms with Crippen molar-refractivity contribution in [1.82, 2.24) is 10.3 Å². The van der Waals surface area contributed by atoms with Crippen molar-refractivity contribution in [2.45, 2.75) is 38.1 Å². The molecule has 0 bridgehead atoms. The predicted molar refractivity (Wildman–Crippen MR) is 98.8 cm³/mol. The summed E-state index contributed by atoms with van der Waals surface area (Å²) in [7, 11) is 0. The number of fused-ring (bicyclic) bond motifs is 1. The number of pyridine rings is 1. The quantitative estimate of drug-likeness (QED) is 0.838. The van der Waals surface area contributed by atoms with E-state index in [2.05, 4.69) is 10.3 Å². The second-order valence-corrected chi connectivity index (χ2v) is 7.81. The van der Waals surface area contributed by atoms with Crippen LogP contribution in [0.15, 0.2) is 30.5 Å². The van der Waals surface area contributed by atoms with Gasteiger partial charge in [-0.3, -0.25) is 9.78 Å². The Bertz CT molecular complexity index is 898. The molecule has 3 unspecified atom stereocenters. The third-order valence-corrected chi connectivity index (χ3v) is 5.67. The lowest BCUT2D eigenvalue weighted by Gasteiger charge is -2.22. The molecule has 0 spiro atoms. The average molecular weight is 393 g/mol. The highest BCUT2D eigenvalue weighted by atomic mass is 19.4. The molecule has 2 N–H and O–H groups in total. The van der Waals surface area contributed by atoms with E-state index in [-0.39, 0.29) is 29.3 Å². The standard InChI is InChI=1S/C20H22F3N3O2/c1-11-9-26(10-15(11)25-19(28)18(27)12-4-5-12)16-7-6-14(20(21,22)23)17-13(16)3-2-8-24-17/h2-3,6-8,11-12,15,18,27H,4-5,9-10H2,1H3,(H,25,28). The number of aliphatic hydroxyl groups is 1. The van der Waals surface area contributed by atoms with Gasteiger partial charge in [-0.1, -0.05) is 6.92 Å². The van der Waals surface area contributed by atoms with Gasteiger partial charge in [-0.25, -0.2) is 0 Å². The first kappa shape index (κ1) is 19.0. The van der Waals surface area contributed by atoms with Crippen molar-refractivity contribution in [2.24, 2.45) is 11.8 Å². The molecule has 2 aromatic rings. The zero-order valence-corrected chi connectivity index (χ0v) is 15.4. The molecular weight excluding hydrogens is 371 g/mol. The fourth-order valence-corrected chi connectivity index (χ4v) is 3.91. The summed E-state index contributed by atoms with van der Waals surface area (Å²) in [5.41, 5.74) is -0.157. The molecule has 2 aliphatic rings. The van der Waals surface area contributed by atoms with Crippen LogP contribution in [-0.2, 0) is 11.0 Å². The van der Waals surface area contributed by atoms with Gasteiger partial charge in [0.1, 0.15) is 6.10 Å². The fraction of sp³-hybridized carbons (Fsp3) is 0.500. The summed E-state index contributed by atoms with van der Waals surface area (Å²) in [6, 6.07) is 5.63. The number of benzene rings is 1. The maximum Gasteiger partial charge on any atom is 0.418 e. The van der Waals surface area contributed by atoms with Gasteiger partial charge in [0, 0.05) is 30.4 Å². The molecule has 1 saturated carbocycles. The zero-order chi connectivity index (χ0) is 20.1. The van der Waals surface area contributed by atoms with Gasteiger partial charge in [-0.05, 0) is 48.9 Å². The van der Waals surface area contributed by atoms with Gasteiger partial charge in [0.15, 0.2) is 0 Å². The van der Waals surface area contributed by atoms with E-state index in [1.807, 2.05) is 11.8 Å². The van der Waals surface area contributed by atoms with E-state index in [1.54, 1.807) is 12.1 Å². The molecular formula is C20H22F3N3O2. The highest BCUT2D eigenvalue weighted by molar-refractivity contribution is 5.94. The van der Waals surface area contributed by atoms with Crippen LogP contribution in [0.3, 0.4) is 0 Å². The van der Waals surface area contributed by atoms with Crippen molar-refractivity contribution in [3.05, 3.63) is 36.0 Å². The molecule has 1 aromatic heterocycles. The molecule has 1 aliphatic carbocycles. The molecule has 150 valence electrons. The maximum absolute atomic E-state index is 13.3.